The number of anilines is 2. The van der Waals surface area contributed by atoms with Gasteiger partial charge in [0, 0.05) is 18.0 Å². The number of nitro benzene ring substituents is 1. The second-order valence-electron chi connectivity index (χ2n) is 9.85. The summed E-state index contributed by atoms with van der Waals surface area (Å²) in [5, 5.41) is 15.0. The van der Waals surface area contributed by atoms with Crippen LogP contribution >= 0.6 is 11.6 Å². The molecule has 1 aliphatic heterocycles. The Morgan fingerprint density at radius 2 is 2.08 bits per heavy atom. The fourth-order valence-electron chi connectivity index (χ4n) is 4.08. The van der Waals surface area contributed by atoms with Gasteiger partial charge < -0.3 is 10.1 Å². The van der Waals surface area contributed by atoms with Gasteiger partial charge in [-0.1, -0.05) is 29.5 Å². The van der Waals surface area contributed by atoms with Crippen molar-refractivity contribution in [1.29, 1.82) is 0 Å². The van der Waals surface area contributed by atoms with Crippen molar-refractivity contribution in [2.24, 2.45) is 0 Å². The predicted molar refractivity (Wildman–Crippen MR) is 138 cm³/mol. The summed E-state index contributed by atoms with van der Waals surface area (Å²) in [6, 6.07) is 7.23. The van der Waals surface area contributed by atoms with Crippen LogP contribution in [0.5, 0.6) is 0 Å². The summed E-state index contributed by atoms with van der Waals surface area (Å²) in [4.78, 5) is 34.0. The maximum Gasteiger partial charge on any atom is 0.411 e. The minimum atomic E-state index is -0.854. The van der Waals surface area contributed by atoms with Crippen molar-refractivity contribution in [2.45, 2.75) is 51.7 Å². The van der Waals surface area contributed by atoms with Crippen molar-refractivity contribution in [3.63, 3.8) is 0 Å². The summed E-state index contributed by atoms with van der Waals surface area (Å²) in [5.41, 5.74) is -1.22. The first-order valence-corrected chi connectivity index (χ1v) is 11.9. The maximum atomic E-state index is 14.4. The van der Waals surface area contributed by atoms with E-state index in [4.69, 9.17) is 16.3 Å². The van der Waals surface area contributed by atoms with Gasteiger partial charge in [0.15, 0.2) is 5.82 Å². The second kappa shape index (κ2) is 9.82. The van der Waals surface area contributed by atoms with Gasteiger partial charge in [0.25, 0.3) is 5.69 Å². The van der Waals surface area contributed by atoms with Crippen molar-refractivity contribution < 1.29 is 18.8 Å². The van der Waals surface area contributed by atoms with E-state index in [0.717, 1.165) is 6.42 Å². The Balaban J connectivity index is 1.73. The first-order chi connectivity index (χ1) is 17.4. The Bertz CT molecular complexity index is 1460. The van der Waals surface area contributed by atoms with Crippen LogP contribution in [0.3, 0.4) is 0 Å². The fraction of sp³-hybridized carbons (Fsp3) is 0.346. The molecule has 0 saturated carbocycles. The van der Waals surface area contributed by atoms with Gasteiger partial charge in [0.05, 0.1) is 21.2 Å². The van der Waals surface area contributed by atoms with E-state index in [1.807, 2.05) is 6.92 Å². The molecule has 0 bridgehead atoms. The maximum absolute atomic E-state index is 14.4. The summed E-state index contributed by atoms with van der Waals surface area (Å²) in [6.07, 6.45) is 2.11. The topological polar surface area (TPSA) is 110 Å². The molecule has 1 amide bonds. The van der Waals surface area contributed by atoms with Gasteiger partial charge in [-0.05, 0) is 58.7 Å². The molecular formula is C26H25ClFN5O4. The molecule has 192 valence electrons. The average molecular weight is 526 g/mol. The Hall–Kier alpha value is -3.97. The number of carbonyl (C=O) groups excluding carboxylic acids is 1. The Labute approximate surface area is 218 Å². The van der Waals surface area contributed by atoms with Crippen molar-refractivity contribution in [2.75, 3.05) is 11.9 Å². The molecule has 2 aromatic carbocycles. The van der Waals surface area contributed by atoms with Crippen LogP contribution in [-0.4, -0.2) is 43.6 Å². The van der Waals surface area contributed by atoms with Crippen LogP contribution in [0.2, 0.25) is 5.02 Å². The summed E-state index contributed by atoms with van der Waals surface area (Å²) >= 11 is 5.86. The molecule has 1 atom stereocenters. The molecule has 0 spiro atoms. The second-order valence-corrected chi connectivity index (χ2v) is 10.3. The largest absolute Gasteiger partial charge is 0.444 e. The number of halogens is 2. The van der Waals surface area contributed by atoms with Crippen molar-refractivity contribution >= 4 is 45.8 Å². The number of hydrogen-bond donors (Lipinski definition) is 1. The van der Waals surface area contributed by atoms with Crippen LogP contribution in [0.4, 0.5) is 26.4 Å². The van der Waals surface area contributed by atoms with Crippen LogP contribution in [0, 0.1) is 27.8 Å². The van der Waals surface area contributed by atoms with E-state index < -0.39 is 28.0 Å². The fourth-order valence-corrected chi connectivity index (χ4v) is 4.25. The third-order valence-electron chi connectivity index (χ3n) is 5.88. The van der Waals surface area contributed by atoms with Crippen LogP contribution in [0.25, 0.3) is 10.9 Å². The Kier molecular flexibility index (Phi) is 6.93. The molecule has 2 heterocycles. The summed E-state index contributed by atoms with van der Waals surface area (Å²) in [6.45, 7) is 7.65. The minimum absolute atomic E-state index is 0.0652. The summed E-state index contributed by atoms with van der Waals surface area (Å²) in [5.74, 6) is 5.47. The Morgan fingerprint density at radius 1 is 1.32 bits per heavy atom. The van der Waals surface area contributed by atoms with Gasteiger partial charge in [-0.3, -0.25) is 15.0 Å². The number of aromatic nitrogens is 2. The van der Waals surface area contributed by atoms with Gasteiger partial charge in [-0.2, -0.15) is 0 Å². The number of fused-ring (bicyclic) bond motifs is 1. The van der Waals surface area contributed by atoms with Crippen molar-refractivity contribution in [3.05, 3.63) is 63.2 Å². The van der Waals surface area contributed by atoms with E-state index in [9.17, 15) is 19.3 Å². The summed E-state index contributed by atoms with van der Waals surface area (Å²) < 4.78 is 19.9. The van der Waals surface area contributed by atoms with Crippen LogP contribution in [0.15, 0.2) is 36.7 Å². The van der Waals surface area contributed by atoms with E-state index in [2.05, 4.69) is 27.1 Å². The SMILES string of the molecule is CC(C)(C)OC(=O)N1CCCC1(C)C#Cc1cc2ncnc(Nc3cccc(Cl)c3F)c2cc1[N+](=O)[O-]. The highest BCUT2D eigenvalue weighted by molar-refractivity contribution is 6.31. The van der Waals surface area contributed by atoms with E-state index in [0.29, 0.717) is 23.9 Å². The molecule has 1 saturated heterocycles. The summed E-state index contributed by atoms with van der Waals surface area (Å²) in [7, 11) is 0. The monoisotopic (exact) mass is 525 g/mol. The average Bonchev–Trinajstić information content (AvgIpc) is 3.21. The number of nitro groups is 1. The number of nitrogens with zero attached hydrogens (tertiary/aromatic N) is 4. The lowest BCUT2D eigenvalue weighted by atomic mass is 9.99. The number of rotatable bonds is 3. The molecule has 0 radical (unpaired) electrons. The van der Waals surface area contributed by atoms with Gasteiger partial charge in [-0.25, -0.2) is 19.2 Å². The highest BCUT2D eigenvalue weighted by atomic mass is 35.5. The Morgan fingerprint density at radius 3 is 2.78 bits per heavy atom. The third kappa shape index (κ3) is 5.57. The molecule has 1 aromatic heterocycles. The number of likely N-dealkylation sites (tertiary alicyclic amines) is 1. The van der Waals surface area contributed by atoms with Gasteiger partial charge in [-0.15, -0.1) is 0 Å². The lowest BCUT2D eigenvalue weighted by Crippen LogP contribution is -2.46. The molecule has 1 fully saturated rings. The number of benzene rings is 2. The van der Waals surface area contributed by atoms with Crippen molar-refractivity contribution in [1.82, 2.24) is 14.9 Å². The number of amides is 1. The first kappa shape index (κ1) is 26.1. The molecule has 11 heteroatoms. The first-order valence-electron chi connectivity index (χ1n) is 11.6. The van der Waals surface area contributed by atoms with Crippen molar-refractivity contribution in [3.8, 4) is 11.8 Å². The molecule has 4 rings (SSSR count). The van der Waals surface area contributed by atoms with E-state index >= 15 is 0 Å². The molecule has 1 N–H and O–H groups in total. The van der Waals surface area contributed by atoms with Crippen LogP contribution in [-0.2, 0) is 4.74 Å². The molecule has 1 unspecified atom stereocenters. The molecule has 37 heavy (non-hydrogen) atoms. The predicted octanol–water partition coefficient (Wildman–Crippen LogP) is 6.22. The molecular weight excluding hydrogens is 501 g/mol. The zero-order valence-electron chi connectivity index (χ0n) is 20.8. The minimum Gasteiger partial charge on any atom is -0.444 e. The quantitative estimate of drug-likeness (QED) is 0.245. The van der Waals surface area contributed by atoms with E-state index in [1.54, 1.807) is 31.7 Å². The highest BCUT2D eigenvalue weighted by Crippen LogP contribution is 2.33. The molecule has 9 nitrogen and oxygen atoms in total. The number of ether oxygens (including phenoxy) is 1. The molecule has 1 aliphatic rings. The number of hydrogen-bond acceptors (Lipinski definition) is 7. The number of carbonyl (C=O) groups is 1. The van der Waals surface area contributed by atoms with E-state index in [-0.39, 0.29) is 27.8 Å². The lowest BCUT2D eigenvalue weighted by Gasteiger charge is -2.32. The zero-order chi connectivity index (χ0) is 27.0. The van der Waals surface area contributed by atoms with E-state index in [1.165, 1.54) is 30.6 Å². The highest BCUT2D eigenvalue weighted by Gasteiger charge is 2.40. The zero-order valence-corrected chi connectivity index (χ0v) is 21.5. The molecule has 0 aliphatic carbocycles. The third-order valence-corrected chi connectivity index (χ3v) is 6.17. The van der Waals surface area contributed by atoms with Gasteiger partial charge in [0.1, 0.15) is 28.8 Å². The van der Waals surface area contributed by atoms with Crippen LogP contribution in [0.1, 0.15) is 46.1 Å². The van der Waals surface area contributed by atoms with Crippen LogP contribution < -0.4 is 5.32 Å². The number of nitrogens with one attached hydrogen (secondary N) is 1. The molecule has 3 aromatic rings. The lowest BCUT2D eigenvalue weighted by molar-refractivity contribution is -0.385. The normalized spacial score (nSPS) is 17.3. The van der Waals surface area contributed by atoms with Gasteiger partial charge in [0.2, 0.25) is 0 Å². The van der Waals surface area contributed by atoms with Gasteiger partial charge >= 0.3 is 6.09 Å². The standard InChI is InChI=1S/C26H25ClFN5O4/c1-25(2,3)37-24(34)32-12-6-10-26(32,4)11-9-16-13-20-17(14-21(16)33(35)36)23(30-15-29-20)31-19-8-5-7-18(27)22(19)28/h5,7-8,13-15H,6,10,12H2,1-4H3,(H,29,30,31). The smallest absolute Gasteiger partial charge is 0.411 e.